The number of nitrogens with two attached hydrogens (primary N) is 1. The molecule has 130 valence electrons. The van der Waals surface area contributed by atoms with Gasteiger partial charge in [0.25, 0.3) is 0 Å². The molecule has 0 heterocycles. The first kappa shape index (κ1) is 18.4. The van der Waals surface area contributed by atoms with Crippen LogP contribution in [-0.2, 0) is 6.42 Å². The molecular weight excluding hydrogens is 326 g/mol. The van der Waals surface area contributed by atoms with Crippen molar-refractivity contribution in [2.24, 2.45) is 5.73 Å². The van der Waals surface area contributed by atoms with Crippen LogP contribution in [0.25, 0.3) is 0 Å². The molecule has 0 aliphatic heterocycles. The van der Waals surface area contributed by atoms with Crippen LogP contribution in [0.1, 0.15) is 16.7 Å². The molecule has 0 saturated carbocycles. The Hall–Kier alpha value is -1.91. The first-order chi connectivity index (χ1) is 11.5. The Morgan fingerprint density at radius 3 is 2.42 bits per heavy atom. The summed E-state index contributed by atoms with van der Waals surface area (Å²) in [5.41, 5.74) is 9.05. The van der Waals surface area contributed by atoms with Crippen LogP contribution in [0.4, 0.5) is 0 Å². The van der Waals surface area contributed by atoms with Crippen LogP contribution in [0, 0.1) is 13.8 Å². The van der Waals surface area contributed by atoms with E-state index in [4.69, 9.17) is 31.5 Å². The highest BCUT2D eigenvalue weighted by atomic mass is 35.5. The van der Waals surface area contributed by atoms with Gasteiger partial charge in [-0.15, -0.1) is 0 Å². The molecule has 2 rings (SSSR count). The highest BCUT2D eigenvalue weighted by Crippen LogP contribution is 2.36. The Bertz CT molecular complexity index is 689. The van der Waals surface area contributed by atoms with E-state index in [2.05, 4.69) is 13.8 Å². The smallest absolute Gasteiger partial charge is 0.179 e. The number of methoxy groups -OCH3 is 1. The van der Waals surface area contributed by atoms with Gasteiger partial charge >= 0.3 is 0 Å². The molecule has 0 aliphatic rings. The Morgan fingerprint density at radius 2 is 1.75 bits per heavy atom. The first-order valence-corrected chi connectivity index (χ1v) is 8.32. The third kappa shape index (κ3) is 4.79. The van der Waals surface area contributed by atoms with Crippen molar-refractivity contribution in [2.45, 2.75) is 20.3 Å². The fourth-order valence-electron chi connectivity index (χ4n) is 2.33. The summed E-state index contributed by atoms with van der Waals surface area (Å²) in [5.74, 6) is 1.97. The summed E-state index contributed by atoms with van der Waals surface area (Å²) in [5, 5.41) is 0.518. The van der Waals surface area contributed by atoms with Gasteiger partial charge in [0.2, 0.25) is 0 Å². The molecule has 0 radical (unpaired) electrons. The zero-order chi connectivity index (χ0) is 17.5. The maximum atomic E-state index is 6.30. The van der Waals surface area contributed by atoms with Crippen LogP contribution in [-0.4, -0.2) is 26.9 Å². The topological polar surface area (TPSA) is 53.7 Å². The van der Waals surface area contributed by atoms with Gasteiger partial charge in [0.1, 0.15) is 19.0 Å². The van der Waals surface area contributed by atoms with E-state index in [-0.39, 0.29) is 0 Å². The minimum absolute atomic E-state index is 0.374. The maximum Gasteiger partial charge on any atom is 0.179 e. The second-order valence-corrected chi connectivity index (χ2v) is 6.00. The Morgan fingerprint density at radius 1 is 1.00 bits per heavy atom. The molecule has 0 spiro atoms. The maximum absolute atomic E-state index is 6.30. The van der Waals surface area contributed by atoms with Crippen molar-refractivity contribution in [1.82, 2.24) is 0 Å². The van der Waals surface area contributed by atoms with Gasteiger partial charge in [-0.1, -0.05) is 17.7 Å². The highest BCUT2D eigenvalue weighted by molar-refractivity contribution is 6.32. The minimum Gasteiger partial charge on any atom is -0.493 e. The summed E-state index contributed by atoms with van der Waals surface area (Å²) in [6, 6.07) is 9.78. The Labute approximate surface area is 148 Å². The Balaban J connectivity index is 1.95. The van der Waals surface area contributed by atoms with E-state index < -0.39 is 0 Å². The zero-order valence-corrected chi connectivity index (χ0v) is 15.2. The monoisotopic (exact) mass is 349 g/mol. The van der Waals surface area contributed by atoms with Crippen LogP contribution >= 0.6 is 11.6 Å². The fourth-order valence-corrected chi connectivity index (χ4v) is 2.62. The summed E-state index contributed by atoms with van der Waals surface area (Å²) in [7, 11) is 1.59. The van der Waals surface area contributed by atoms with E-state index in [0.29, 0.717) is 36.3 Å². The van der Waals surface area contributed by atoms with Crippen molar-refractivity contribution >= 4 is 11.6 Å². The van der Waals surface area contributed by atoms with E-state index in [1.54, 1.807) is 7.11 Å². The van der Waals surface area contributed by atoms with Crippen molar-refractivity contribution in [3.05, 3.63) is 52.0 Å². The van der Waals surface area contributed by atoms with Gasteiger partial charge in [-0.3, -0.25) is 0 Å². The number of ether oxygens (including phenoxy) is 3. The zero-order valence-electron chi connectivity index (χ0n) is 14.4. The first-order valence-electron chi connectivity index (χ1n) is 7.94. The fraction of sp³-hybridized carbons (Fsp3) is 0.368. The predicted molar refractivity (Wildman–Crippen MR) is 97.7 cm³/mol. The standard InChI is InChI=1S/C19H24ClNO3/c1-13-4-5-16(10-14(13)2)23-8-9-24-19-17(20)11-15(6-7-21)12-18(19)22-3/h4-5,10-12H,6-9,21H2,1-3H3. The van der Waals surface area contributed by atoms with Crippen LogP contribution in [0.2, 0.25) is 5.02 Å². The van der Waals surface area contributed by atoms with Gasteiger partial charge in [0.05, 0.1) is 12.1 Å². The lowest BCUT2D eigenvalue weighted by molar-refractivity contribution is 0.211. The Kier molecular flexibility index (Phi) is 6.76. The molecule has 0 unspecified atom stereocenters. The minimum atomic E-state index is 0.374. The number of hydrogen-bond donors (Lipinski definition) is 1. The molecule has 0 fully saturated rings. The van der Waals surface area contributed by atoms with Crippen molar-refractivity contribution < 1.29 is 14.2 Å². The van der Waals surface area contributed by atoms with E-state index in [1.165, 1.54) is 11.1 Å². The predicted octanol–water partition coefficient (Wildman–Crippen LogP) is 3.92. The summed E-state index contributed by atoms with van der Waals surface area (Å²) >= 11 is 6.30. The average molecular weight is 350 g/mol. The van der Waals surface area contributed by atoms with Crippen LogP contribution in [0.3, 0.4) is 0 Å². The number of halogens is 1. The second-order valence-electron chi connectivity index (χ2n) is 5.59. The van der Waals surface area contributed by atoms with Gasteiger partial charge in [-0.05, 0) is 67.8 Å². The molecular formula is C19H24ClNO3. The van der Waals surface area contributed by atoms with Crippen LogP contribution < -0.4 is 19.9 Å². The average Bonchev–Trinajstić information content (AvgIpc) is 2.56. The molecule has 0 aromatic heterocycles. The lowest BCUT2D eigenvalue weighted by atomic mass is 10.1. The van der Waals surface area contributed by atoms with E-state index in [9.17, 15) is 0 Å². The second kappa shape index (κ2) is 8.81. The highest BCUT2D eigenvalue weighted by Gasteiger charge is 2.12. The molecule has 2 N–H and O–H groups in total. The molecule has 4 nitrogen and oxygen atoms in total. The summed E-state index contributed by atoms with van der Waals surface area (Å²) in [6.07, 6.45) is 0.742. The van der Waals surface area contributed by atoms with Gasteiger partial charge in [-0.25, -0.2) is 0 Å². The van der Waals surface area contributed by atoms with E-state index in [0.717, 1.165) is 17.7 Å². The van der Waals surface area contributed by atoms with Crippen molar-refractivity contribution in [3.63, 3.8) is 0 Å². The quantitative estimate of drug-likeness (QED) is 0.734. The summed E-state index contributed by atoms with van der Waals surface area (Å²) in [6.45, 7) is 5.49. The third-order valence-corrected chi connectivity index (χ3v) is 4.08. The van der Waals surface area contributed by atoms with Crippen molar-refractivity contribution in [1.29, 1.82) is 0 Å². The van der Waals surface area contributed by atoms with Gasteiger partial charge < -0.3 is 19.9 Å². The number of hydrogen-bond acceptors (Lipinski definition) is 4. The van der Waals surface area contributed by atoms with E-state index >= 15 is 0 Å². The third-order valence-electron chi connectivity index (χ3n) is 3.80. The summed E-state index contributed by atoms with van der Waals surface area (Å²) < 4.78 is 16.8. The molecule has 2 aromatic rings. The number of benzene rings is 2. The van der Waals surface area contributed by atoms with Crippen LogP contribution in [0.15, 0.2) is 30.3 Å². The molecule has 0 atom stereocenters. The molecule has 24 heavy (non-hydrogen) atoms. The normalized spacial score (nSPS) is 10.5. The lowest BCUT2D eigenvalue weighted by Gasteiger charge is -2.14. The largest absolute Gasteiger partial charge is 0.493 e. The molecule has 0 aliphatic carbocycles. The van der Waals surface area contributed by atoms with Gasteiger partial charge in [-0.2, -0.15) is 0 Å². The number of aryl methyl sites for hydroxylation is 2. The SMILES string of the molecule is COc1cc(CCN)cc(Cl)c1OCCOc1ccc(C)c(C)c1. The molecule has 0 bridgehead atoms. The van der Waals surface area contributed by atoms with Gasteiger partial charge in [0, 0.05) is 0 Å². The molecule has 0 saturated heterocycles. The number of rotatable bonds is 8. The van der Waals surface area contributed by atoms with Crippen molar-refractivity contribution in [3.8, 4) is 17.2 Å². The van der Waals surface area contributed by atoms with E-state index in [1.807, 2.05) is 30.3 Å². The lowest BCUT2D eigenvalue weighted by Crippen LogP contribution is -2.10. The molecule has 2 aromatic carbocycles. The van der Waals surface area contributed by atoms with Crippen LogP contribution in [0.5, 0.6) is 17.2 Å². The van der Waals surface area contributed by atoms with Gasteiger partial charge in [0.15, 0.2) is 11.5 Å². The summed E-state index contributed by atoms with van der Waals surface area (Å²) in [4.78, 5) is 0. The van der Waals surface area contributed by atoms with Crippen molar-refractivity contribution in [2.75, 3.05) is 26.9 Å². The molecule has 5 heteroatoms. The molecule has 0 amide bonds.